The molecule has 4 nitrogen and oxygen atoms in total. The van der Waals surface area contributed by atoms with Crippen LogP contribution < -0.4 is 0 Å². The fourth-order valence-corrected chi connectivity index (χ4v) is 1.23. The molecule has 0 saturated carbocycles. The number of pyridine rings is 1. The number of nitrogens with zero attached hydrogens (tertiary/aromatic N) is 2. The van der Waals surface area contributed by atoms with Crippen molar-refractivity contribution in [1.82, 2.24) is 4.98 Å². The normalized spacial score (nSPS) is 21.0. The first-order valence-corrected chi connectivity index (χ1v) is 4.14. The van der Waals surface area contributed by atoms with E-state index < -0.39 is 0 Å². The van der Waals surface area contributed by atoms with E-state index in [-0.39, 0.29) is 12.7 Å². The van der Waals surface area contributed by atoms with Crippen LogP contribution in [0.4, 0.5) is 0 Å². The lowest BCUT2D eigenvalue weighted by molar-refractivity contribution is 0.0390. The molecular formula is C9H10N2O2. The quantitative estimate of drug-likeness (QED) is 0.720. The van der Waals surface area contributed by atoms with Crippen LogP contribution in [-0.2, 0) is 4.84 Å². The Morgan fingerprint density at radius 1 is 1.62 bits per heavy atom. The third-order valence-corrected chi connectivity index (χ3v) is 1.93. The Balaban J connectivity index is 2.12. The predicted molar refractivity (Wildman–Crippen MR) is 47.3 cm³/mol. The van der Waals surface area contributed by atoms with Crippen molar-refractivity contribution in [2.24, 2.45) is 5.16 Å². The van der Waals surface area contributed by atoms with Gasteiger partial charge < -0.3 is 9.94 Å². The SMILES string of the molecule is OCC1CC(c2cccnc2)=NO1. The Morgan fingerprint density at radius 2 is 2.54 bits per heavy atom. The summed E-state index contributed by atoms with van der Waals surface area (Å²) in [6.45, 7) is 0.00720. The number of hydrogen-bond donors (Lipinski definition) is 1. The lowest BCUT2D eigenvalue weighted by atomic mass is 10.1. The Morgan fingerprint density at radius 3 is 3.15 bits per heavy atom. The van der Waals surface area contributed by atoms with Gasteiger partial charge in [0.15, 0.2) is 6.10 Å². The second-order valence-electron chi connectivity index (χ2n) is 2.89. The minimum atomic E-state index is -0.185. The van der Waals surface area contributed by atoms with Gasteiger partial charge >= 0.3 is 0 Å². The van der Waals surface area contributed by atoms with Crippen LogP contribution >= 0.6 is 0 Å². The van der Waals surface area contributed by atoms with E-state index in [2.05, 4.69) is 10.1 Å². The van der Waals surface area contributed by atoms with Crippen LogP contribution in [-0.4, -0.2) is 28.5 Å². The van der Waals surface area contributed by atoms with Crippen molar-refractivity contribution in [3.8, 4) is 0 Å². The summed E-state index contributed by atoms with van der Waals surface area (Å²) in [4.78, 5) is 8.96. The first-order valence-electron chi connectivity index (χ1n) is 4.14. The van der Waals surface area contributed by atoms with E-state index in [1.165, 1.54) is 0 Å². The van der Waals surface area contributed by atoms with Crippen molar-refractivity contribution in [2.75, 3.05) is 6.61 Å². The van der Waals surface area contributed by atoms with E-state index in [0.717, 1.165) is 11.3 Å². The average molecular weight is 178 g/mol. The van der Waals surface area contributed by atoms with Crippen molar-refractivity contribution in [2.45, 2.75) is 12.5 Å². The molecule has 1 atom stereocenters. The fourth-order valence-electron chi connectivity index (χ4n) is 1.23. The molecule has 1 unspecified atom stereocenters. The maximum Gasteiger partial charge on any atom is 0.156 e. The molecule has 1 aliphatic rings. The summed E-state index contributed by atoms with van der Waals surface area (Å²) in [7, 11) is 0. The molecule has 1 N–H and O–H groups in total. The van der Waals surface area contributed by atoms with Crippen LogP contribution in [0.15, 0.2) is 29.7 Å². The van der Waals surface area contributed by atoms with Gasteiger partial charge in [-0.1, -0.05) is 5.16 Å². The maximum atomic E-state index is 8.82. The minimum absolute atomic E-state index is 0.00720. The van der Waals surface area contributed by atoms with Crippen LogP contribution in [0.25, 0.3) is 0 Å². The second kappa shape index (κ2) is 3.53. The van der Waals surface area contributed by atoms with E-state index in [1.807, 2.05) is 12.1 Å². The number of aliphatic hydroxyl groups excluding tert-OH is 1. The molecule has 0 aliphatic carbocycles. The minimum Gasteiger partial charge on any atom is -0.392 e. The molecule has 0 aromatic carbocycles. The number of rotatable bonds is 2. The number of hydrogen-bond acceptors (Lipinski definition) is 4. The smallest absolute Gasteiger partial charge is 0.156 e. The molecule has 2 rings (SSSR count). The summed E-state index contributed by atoms with van der Waals surface area (Å²) in [5.74, 6) is 0. The van der Waals surface area contributed by atoms with E-state index in [1.54, 1.807) is 12.4 Å². The molecule has 0 saturated heterocycles. The average Bonchev–Trinajstić information content (AvgIpc) is 2.67. The van der Waals surface area contributed by atoms with Crippen molar-refractivity contribution in [3.05, 3.63) is 30.1 Å². The van der Waals surface area contributed by atoms with Gasteiger partial charge in [0.1, 0.15) is 0 Å². The van der Waals surface area contributed by atoms with Crippen LogP contribution in [0.2, 0.25) is 0 Å². The van der Waals surface area contributed by atoms with Crippen molar-refractivity contribution in [1.29, 1.82) is 0 Å². The molecule has 1 aromatic rings. The lowest BCUT2D eigenvalue weighted by Gasteiger charge is -2.00. The molecule has 2 heterocycles. The van der Waals surface area contributed by atoms with Gasteiger partial charge in [-0.05, 0) is 12.1 Å². The summed E-state index contributed by atoms with van der Waals surface area (Å²) in [6, 6.07) is 3.78. The highest BCUT2D eigenvalue weighted by atomic mass is 16.6. The summed E-state index contributed by atoms with van der Waals surface area (Å²) in [6.07, 6.45) is 3.92. The zero-order valence-electron chi connectivity index (χ0n) is 7.05. The predicted octanol–water partition coefficient (Wildman–Crippen LogP) is 0.567. The van der Waals surface area contributed by atoms with Crippen LogP contribution in [0.1, 0.15) is 12.0 Å². The summed E-state index contributed by atoms with van der Waals surface area (Å²) >= 11 is 0. The van der Waals surface area contributed by atoms with Crippen LogP contribution in [0.5, 0.6) is 0 Å². The fraction of sp³-hybridized carbons (Fsp3) is 0.333. The zero-order chi connectivity index (χ0) is 9.10. The molecule has 0 bridgehead atoms. The number of aromatic nitrogens is 1. The van der Waals surface area contributed by atoms with Gasteiger partial charge in [-0.2, -0.15) is 0 Å². The van der Waals surface area contributed by atoms with Gasteiger partial charge in [-0.15, -0.1) is 0 Å². The number of aliphatic hydroxyl groups is 1. The van der Waals surface area contributed by atoms with Crippen molar-refractivity contribution < 1.29 is 9.94 Å². The van der Waals surface area contributed by atoms with E-state index in [4.69, 9.17) is 9.94 Å². The second-order valence-corrected chi connectivity index (χ2v) is 2.89. The first-order chi connectivity index (χ1) is 6.40. The molecule has 13 heavy (non-hydrogen) atoms. The number of oxime groups is 1. The summed E-state index contributed by atoms with van der Waals surface area (Å²) < 4.78 is 0. The van der Waals surface area contributed by atoms with Crippen molar-refractivity contribution in [3.63, 3.8) is 0 Å². The topological polar surface area (TPSA) is 54.7 Å². The van der Waals surface area contributed by atoms with Gasteiger partial charge in [0.2, 0.25) is 0 Å². The zero-order valence-corrected chi connectivity index (χ0v) is 7.05. The Labute approximate surface area is 75.9 Å². The largest absolute Gasteiger partial charge is 0.392 e. The molecule has 1 aliphatic heterocycles. The third-order valence-electron chi connectivity index (χ3n) is 1.93. The molecule has 0 amide bonds. The van der Waals surface area contributed by atoms with E-state index in [0.29, 0.717) is 6.42 Å². The van der Waals surface area contributed by atoms with Gasteiger partial charge in [0, 0.05) is 24.4 Å². The highest BCUT2D eigenvalue weighted by molar-refractivity contribution is 6.00. The Kier molecular flexibility index (Phi) is 2.23. The van der Waals surface area contributed by atoms with Crippen LogP contribution in [0.3, 0.4) is 0 Å². The van der Waals surface area contributed by atoms with Gasteiger partial charge in [-0.3, -0.25) is 4.98 Å². The summed E-state index contributed by atoms with van der Waals surface area (Å²) in [5.41, 5.74) is 1.81. The van der Waals surface area contributed by atoms with E-state index in [9.17, 15) is 0 Å². The lowest BCUT2D eigenvalue weighted by Crippen LogP contribution is -2.12. The van der Waals surface area contributed by atoms with E-state index >= 15 is 0 Å². The molecule has 4 heteroatoms. The Hall–Kier alpha value is -1.42. The van der Waals surface area contributed by atoms with Crippen molar-refractivity contribution >= 4 is 5.71 Å². The summed E-state index contributed by atoms with van der Waals surface area (Å²) in [5, 5.41) is 12.7. The molecule has 0 radical (unpaired) electrons. The van der Waals surface area contributed by atoms with Gasteiger partial charge in [0.05, 0.1) is 12.3 Å². The molecule has 0 fully saturated rings. The highest BCUT2D eigenvalue weighted by Crippen LogP contribution is 2.14. The van der Waals surface area contributed by atoms with Crippen LogP contribution in [0, 0.1) is 0 Å². The molecule has 1 aromatic heterocycles. The van der Waals surface area contributed by atoms with Gasteiger partial charge in [0.25, 0.3) is 0 Å². The molecule has 0 spiro atoms. The highest BCUT2D eigenvalue weighted by Gasteiger charge is 2.20. The Bertz CT molecular complexity index is 311. The first kappa shape index (κ1) is 8.19. The van der Waals surface area contributed by atoms with Gasteiger partial charge in [-0.25, -0.2) is 0 Å². The maximum absolute atomic E-state index is 8.82. The monoisotopic (exact) mass is 178 g/mol. The molecular weight excluding hydrogens is 168 g/mol. The third kappa shape index (κ3) is 1.67. The standard InChI is InChI=1S/C9H10N2O2/c12-6-8-4-9(11-13-8)7-2-1-3-10-5-7/h1-3,5,8,12H,4,6H2. The molecule has 68 valence electrons.